The Morgan fingerprint density at radius 3 is 2.70 bits per heavy atom. The van der Waals surface area contributed by atoms with Gasteiger partial charge in [0.15, 0.2) is 0 Å². The molecule has 2 rings (SSSR count). The molecule has 0 aliphatic carbocycles. The van der Waals surface area contributed by atoms with Crippen molar-refractivity contribution in [3.05, 3.63) is 63.1 Å². The average molecular weight is 353 g/mol. The van der Waals surface area contributed by atoms with Gasteiger partial charge in [0.1, 0.15) is 0 Å². The third-order valence-corrected chi connectivity index (χ3v) is 4.32. The summed E-state index contributed by atoms with van der Waals surface area (Å²) in [5.41, 5.74) is 3.14. The topological polar surface area (TPSA) is 29.1 Å². The van der Waals surface area contributed by atoms with E-state index in [1.54, 1.807) is 6.07 Å². The fourth-order valence-electron chi connectivity index (χ4n) is 1.94. The molecule has 2 aromatic rings. The minimum Gasteiger partial charge on any atom is -0.326 e. The molecule has 104 valence electrons. The number of nitrogens with one attached hydrogen (secondary N) is 1. The predicted molar refractivity (Wildman–Crippen MR) is 87.3 cm³/mol. The van der Waals surface area contributed by atoms with Gasteiger partial charge in [-0.2, -0.15) is 0 Å². The number of rotatable bonds is 4. The van der Waals surface area contributed by atoms with Crippen molar-refractivity contribution in [2.75, 3.05) is 5.32 Å². The molecule has 0 saturated carbocycles. The molecule has 0 bridgehead atoms. The summed E-state index contributed by atoms with van der Waals surface area (Å²) in [6.45, 7) is 2.06. The summed E-state index contributed by atoms with van der Waals surface area (Å²) in [5.74, 6) is -0.00774. The number of hydrogen-bond acceptors (Lipinski definition) is 1. The summed E-state index contributed by atoms with van der Waals surface area (Å²) in [4.78, 5) is 11.9. The van der Waals surface area contributed by atoms with Gasteiger partial charge >= 0.3 is 0 Å². The Balaban J connectivity index is 1.93. The zero-order chi connectivity index (χ0) is 14.5. The SMILES string of the molecule is Cc1ccccc1CCC(=O)Nc1ccc(Br)c(Cl)c1. The Bertz CT molecular complexity index is 628. The molecule has 0 atom stereocenters. The molecule has 0 aliphatic heterocycles. The molecular weight excluding hydrogens is 338 g/mol. The predicted octanol–water partition coefficient (Wildman–Crippen LogP) is 4.98. The lowest BCUT2D eigenvalue weighted by Gasteiger charge is -2.08. The van der Waals surface area contributed by atoms with Gasteiger partial charge in [-0.05, 0) is 58.6 Å². The van der Waals surface area contributed by atoms with Gasteiger partial charge in [-0.15, -0.1) is 0 Å². The van der Waals surface area contributed by atoms with Crippen molar-refractivity contribution in [2.45, 2.75) is 19.8 Å². The van der Waals surface area contributed by atoms with E-state index in [0.29, 0.717) is 17.1 Å². The average Bonchev–Trinajstić information content (AvgIpc) is 2.42. The van der Waals surface area contributed by atoms with E-state index in [9.17, 15) is 4.79 Å². The lowest BCUT2D eigenvalue weighted by atomic mass is 10.0. The third-order valence-electron chi connectivity index (χ3n) is 3.09. The van der Waals surface area contributed by atoms with Gasteiger partial charge in [-0.25, -0.2) is 0 Å². The van der Waals surface area contributed by atoms with E-state index in [0.717, 1.165) is 10.9 Å². The minimum atomic E-state index is -0.00774. The summed E-state index contributed by atoms with van der Waals surface area (Å²) >= 11 is 9.31. The fraction of sp³-hybridized carbons (Fsp3) is 0.188. The number of carbonyl (C=O) groups is 1. The van der Waals surface area contributed by atoms with Crippen molar-refractivity contribution < 1.29 is 4.79 Å². The maximum atomic E-state index is 11.9. The monoisotopic (exact) mass is 351 g/mol. The second kappa shape index (κ2) is 6.91. The van der Waals surface area contributed by atoms with Crippen LogP contribution >= 0.6 is 27.5 Å². The second-order valence-corrected chi connectivity index (χ2v) is 5.87. The normalized spacial score (nSPS) is 10.3. The number of carbonyl (C=O) groups excluding carboxylic acids is 1. The van der Waals surface area contributed by atoms with E-state index < -0.39 is 0 Å². The highest BCUT2D eigenvalue weighted by Crippen LogP contribution is 2.25. The number of halogens is 2. The van der Waals surface area contributed by atoms with E-state index in [-0.39, 0.29) is 5.91 Å². The standard InChI is InChI=1S/C16H15BrClNO/c1-11-4-2-3-5-12(11)6-9-16(20)19-13-7-8-14(17)15(18)10-13/h2-5,7-8,10H,6,9H2,1H3,(H,19,20). The summed E-state index contributed by atoms with van der Waals surface area (Å²) in [6, 6.07) is 13.5. The van der Waals surface area contributed by atoms with Gasteiger partial charge in [0, 0.05) is 16.6 Å². The van der Waals surface area contributed by atoms with Crippen LogP contribution in [0, 0.1) is 6.92 Å². The molecule has 0 saturated heterocycles. The van der Waals surface area contributed by atoms with Gasteiger partial charge in [0.2, 0.25) is 5.91 Å². The van der Waals surface area contributed by atoms with Crippen molar-refractivity contribution in [3.8, 4) is 0 Å². The van der Waals surface area contributed by atoms with Crippen LogP contribution in [-0.2, 0) is 11.2 Å². The van der Waals surface area contributed by atoms with Crippen LogP contribution in [0.4, 0.5) is 5.69 Å². The summed E-state index contributed by atoms with van der Waals surface area (Å²) < 4.78 is 0.817. The minimum absolute atomic E-state index is 0.00774. The molecular formula is C16H15BrClNO. The number of amides is 1. The van der Waals surface area contributed by atoms with Crippen molar-refractivity contribution >= 4 is 39.1 Å². The van der Waals surface area contributed by atoms with Crippen LogP contribution in [0.5, 0.6) is 0 Å². The molecule has 0 heterocycles. The summed E-state index contributed by atoms with van der Waals surface area (Å²) in [5, 5.41) is 3.44. The second-order valence-electron chi connectivity index (χ2n) is 4.60. The van der Waals surface area contributed by atoms with E-state index in [1.165, 1.54) is 11.1 Å². The molecule has 2 nitrogen and oxygen atoms in total. The van der Waals surface area contributed by atoms with Crippen LogP contribution in [0.1, 0.15) is 17.5 Å². The van der Waals surface area contributed by atoms with E-state index >= 15 is 0 Å². The Kier molecular flexibility index (Phi) is 5.21. The Hall–Kier alpha value is -1.32. The number of anilines is 1. The molecule has 2 aromatic carbocycles. The maximum Gasteiger partial charge on any atom is 0.224 e. The van der Waals surface area contributed by atoms with Gasteiger partial charge < -0.3 is 5.32 Å². The first-order chi connectivity index (χ1) is 9.56. The van der Waals surface area contributed by atoms with Crippen LogP contribution in [0.3, 0.4) is 0 Å². The van der Waals surface area contributed by atoms with Crippen LogP contribution < -0.4 is 5.32 Å². The molecule has 0 aromatic heterocycles. The molecule has 0 fully saturated rings. The van der Waals surface area contributed by atoms with Gasteiger partial charge in [-0.3, -0.25) is 4.79 Å². The first-order valence-corrected chi connectivity index (χ1v) is 7.53. The zero-order valence-electron chi connectivity index (χ0n) is 11.1. The molecule has 1 N–H and O–H groups in total. The highest BCUT2D eigenvalue weighted by molar-refractivity contribution is 9.10. The van der Waals surface area contributed by atoms with Crippen molar-refractivity contribution in [2.24, 2.45) is 0 Å². The molecule has 0 spiro atoms. The molecule has 0 radical (unpaired) electrons. The van der Waals surface area contributed by atoms with Crippen molar-refractivity contribution in [1.82, 2.24) is 0 Å². The Morgan fingerprint density at radius 2 is 2.00 bits per heavy atom. The van der Waals surface area contributed by atoms with Gasteiger partial charge in [-0.1, -0.05) is 35.9 Å². The first-order valence-electron chi connectivity index (χ1n) is 6.35. The Labute approximate surface area is 132 Å². The number of benzene rings is 2. The first kappa shape index (κ1) is 15.1. The lowest BCUT2D eigenvalue weighted by molar-refractivity contribution is -0.116. The zero-order valence-corrected chi connectivity index (χ0v) is 13.5. The fourth-order valence-corrected chi connectivity index (χ4v) is 2.36. The van der Waals surface area contributed by atoms with E-state index in [2.05, 4.69) is 40.3 Å². The summed E-state index contributed by atoms with van der Waals surface area (Å²) in [7, 11) is 0. The quantitative estimate of drug-likeness (QED) is 0.826. The van der Waals surface area contributed by atoms with Gasteiger partial charge in [0.05, 0.1) is 5.02 Å². The molecule has 0 aliphatic rings. The van der Waals surface area contributed by atoms with Crippen LogP contribution in [0.2, 0.25) is 5.02 Å². The van der Waals surface area contributed by atoms with Crippen molar-refractivity contribution in [1.29, 1.82) is 0 Å². The highest BCUT2D eigenvalue weighted by atomic mass is 79.9. The van der Waals surface area contributed by atoms with E-state index in [4.69, 9.17) is 11.6 Å². The summed E-state index contributed by atoms with van der Waals surface area (Å²) in [6.07, 6.45) is 1.20. The largest absolute Gasteiger partial charge is 0.326 e. The Morgan fingerprint density at radius 1 is 1.25 bits per heavy atom. The molecule has 0 unspecified atom stereocenters. The van der Waals surface area contributed by atoms with Crippen LogP contribution in [-0.4, -0.2) is 5.91 Å². The van der Waals surface area contributed by atoms with Crippen molar-refractivity contribution in [3.63, 3.8) is 0 Å². The number of aryl methyl sites for hydroxylation is 2. The third kappa shape index (κ3) is 4.09. The van der Waals surface area contributed by atoms with Gasteiger partial charge in [0.25, 0.3) is 0 Å². The smallest absolute Gasteiger partial charge is 0.224 e. The maximum absolute atomic E-state index is 11.9. The van der Waals surface area contributed by atoms with Crippen LogP contribution in [0.15, 0.2) is 46.9 Å². The number of hydrogen-bond donors (Lipinski definition) is 1. The highest BCUT2D eigenvalue weighted by Gasteiger charge is 2.06. The van der Waals surface area contributed by atoms with E-state index in [1.807, 2.05) is 24.3 Å². The molecule has 1 amide bonds. The molecule has 20 heavy (non-hydrogen) atoms. The lowest BCUT2D eigenvalue weighted by Crippen LogP contribution is -2.12. The van der Waals surface area contributed by atoms with Crippen LogP contribution in [0.25, 0.3) is 0 Å². The molecule has 4 heteroatoms.